The molecule has 32 heavy (non-hydrogen) atoms. The van der Waals surface area contributed by atoms with Gasteiger partial charge in [-0.05, 0) is 36.2 Å². The second-order valence-corrected chi connectivity index (χ2v) is 10.8. The summed E-state index contributed by atoms with van der Waals surface area (Å²) in [5.41, 5.74) is 1.33. The number of fused-ring (bicyclic) bond motifs is 1. The lowest BCUT2D eigenvalue weighted by atomic mass is 9.80. The van der Waals surface area contributed by atoms with Crippen LogP contribution in [-0.2, 0) is 24.3 Å². The Labute approximate surface area is 188 Å². The molecule has 2 aliphatic rings. The van der Waals surface area contributed by atoms with E-state index in [2.05, 4.69) is 37.7 Å². The van der Waals surface area contributed by atoms with Crippen molar-refractivity contribution in [3.8, 4) is 5.75 Å². The molecular formula is C23H28N2O6S. The molecule has 0 unspecified atom stereocenters. The smallest absolute Gasteiger partial charge is 0.262 e. The molecule has 2 N–H and O–H groups in total. The normalized spacial score (nSPS) is 22.6. The molecule has 2 aromatic carbocycles. The third-order valence-corrected chi connectivity index (χ3v) is 6.94. The molecule has 1 saturated heterocycles. The number of hydrogen-bond donors (Lipinski definition) is 2. The highest BCUT2D eigenvalue weighted by molar-refractivity contribution is 7.92. The monoisotopic (exact) mass is 460 g/mol. The summed E-state index contributed by atoms with van der Waals surface area (Å²) in [6.45, 7) is 8.91. The first kappa shape index (κ1) is 22.6. The molecule has 0 radical (unpaired) electrons. The van der Waals surface area contributed by atoms with Crippen LogP contribution in [0.15, 0.2) is 47.4 Å². The number of carbonyl (C=O) groups excluding carboxylic acids is 1. The maximum absolute atomic E-state index is 13.0. The lowest BCUT2D eigenvalue weighted by molar-refractivity contribution is -0.274. The zero-order valence-electron chi connectivity index (χ0n) is 18.5. The number of nitrogens with one attached hydrogen (secondary N) is 2. The fraction of sp³-hybridized carbons (Fsp3) is 0.435. The molecule has 0 aliphatic carbocycles. The highest BCUT2D eigenvalue weighted by atomic mass is 32.2. The Bertz CT molecular complexity index is 1130. The fourth-order valence-corrected chi connectivity index (χ4v) is 5.23. The first-order valence-electron chi connectivity index (χ1n) is 10.5. The predicted molar refractivity (Wildman–Crippen MR) is 120 cm³/mol. The third kappa shape index (κ3) is 4.60. The van der Waals surface area contributed by atoms with Crippen molar-refractivity contribution in [3.63, 3.8) is 0 Å². The van der Waals surface area contributed by atoms with Crippen molar-refractivity contribution in [2.45, 2.75) is 45.0 Å². The van der Waals surface area contributed by atoms with Crippen LogP contribution in [0.5, 0.6) is 5.75 Å². The van der Waals surface area contributed by atoms with Gasteiger partial charge in [-0.3, -0.25) is 9.52 Å². The van der Waals surface area contributed by atoms with Crippen molar-refractivity contribution in [1.82, 2.24) is 0 Å². The molecule has 2 atom stereocenters. The van der Waals surface area contributed by atoms with Gasteiger partial charge in [0.15, 0.2) is 12.9 Å². The molecule has 0 aromatic heterocycles. The van der Waals surface area contributed by atoms with Crippen LogP contribution in [0.1, 0.15) is 39.5 Å². The number of anilines is 2. The van der Waals surface area contributed by atoms with Gasteiger partial charge >= 0.3 is 0 Å². The van der Waals surface area contributed by atoms with Gasteiger partial charge in [-0.1, -0.05) is 39.8 Å². The highest BCUT2D eigenvalue weighted by Gasteiger charge is 2.40. The van der Waals surface area contributed by atoms with Crippen molar-refractivity contribution in [2.24, 2.45) is 11.3 Å². The summed E-state index contributed by atoms with van der Waals surface area (Å²) in [7, 11) is -3.89. The van der Waals surface area contributed by atoms with Crippen molar-refractivity contribution in [2.75, 3.05) is 23.3 Å². The summed E-state index contributed by atoms with van der Waals surface area (Å²) in [5.74, 6) is 0.411. The lowest BCUT2D eigenvalue weighted by Crippen LogP contribution is -2.45. The maximum Gasteiger partial charge on any atom is 0.262 e. The Morgan fingerprint density at radius 3 is 2.69 bits per heavy atom. The van der Waals surface area contributed by atoms with Crippen LogP contribution in [0.4, 0.5) is 11.4 Å². The van der Waals surface area contributed by atoms with Crippen LogP contribution in [0.25, 0.3) is 0 Å². The minimum Gasteiger partial charge on any atom is -0.482 e. The van der Waals surface area contributed by atoms with Gasteiger partial charge < -0.3 is 19.5 Å². The maximum atomic E-state index is 13.0. The summed E-state index contributed by atoms with van der Waals surface area (Å²) >= 11 is 0. The van der Waals surface area contributed by atoms with Gasteiger partial charge in [0.1, 0.15) is 5.75 Å². The molecule has 2 heterocycles. The largest absolute Gasteiger partial charge is 0.482 e. The minimum absolute atomic E-state index is 0.00882. The standard InChI is InChI=1S/C23H28N2O6S/c1-14(2)21-23(3,4)13-30-22(31-21)15-6-5-7-16(10-15)25-32(27,28)17-8-9-19-18(11-17)24-20(26)12-29-19/h5-11,14,21-22,25H,12-13H2,1-4H3,(H,24,26)/t21-,22-/m0/s1. The minimum atomic E-state index is -3.89. The van der Waals surface area contributed by atoms with Crippen LogP contribution >= 0.6 is 0 Å². The molecule has 0 bridgehead atoms. The van der Waals surface area contributed by atoms with Gasteiger partial charge in [-0.25, -0.2) is 8.42 Å². The van der Waals surface area contributed by atoms with Gasteiger partial charge in [0.25, 0.3) is 15.9 Å². The van der Waals surface area contributed by atoms with E-state index in [9.17, 15) is 13.2 Å². The quantitative estimate of drug-likeness (QED) is 0.701. The molecular weight excluding hydrogens is 432 g/mol. The van der Waals surface area contributed by atoms with E-state index in [1.165, 1.54) is 18.2 Å². The molecule has 2 aromatic rings. The topological polar surface area (TPSA) is 103 Å². The summed E-state index contributed by atoms with van der Waals surface area (Å²) < 4.78 is 46.0. The van der Waals surface area contributed by atoms with Crippen molar-refractivity contribution in [1.29, 1.82) is 0 Å². The summed E-state index contributed by atoms with van der Waals surface area (Å²) in [4.78, 5) is 11.6. The average molecular weight is 461 g/mol. The van der Waals surface area contributed by atoms with Gasteiger partial charge in [0.05, 0.1) is 23.3 Å². The van der Waals surface area contributed by atoms with E-state index in [0.29, 0.717) is 29.6 Å². The average Bonchev–Trinajstić information content (AvgIpc) is 2.72. The summed E-state index contributed by atoms with van der Waals surface area (Å²) in [5, 5.41) is 2.62. The van der Waals surface area contributed by atoms with E-state index in [4.69, 9.17) is 14.2 Å². The van der Waals surface area contributed by atoms with Crippen LogP contribution < -0.4 is 14.8 Å². The second kappa shape index (κ2) is 8.38. The third-order valence-electron chi connectivity index (χ3n) is 5.56. The molecule has 0 spiro atoms. The zero-order chi connectivity index (χ0) is 23.1. The van der Waals surface area contributed by atoms with Crippen molar-refractivity contribution >= 4 is 27.3 Å². The number of hydrogen-bond acceptors (Lipinski definition) is 6. The van der Waals surface area contributed by atoms with Crippen LogP contribution in [0.2, 0.25) is 0 Å². The van der Waals surface area contributed by atoms with Gasteiger partial charge in [0.2, 0.25) is 0 Å². The number of rotatable bonds is 5. The lowest BCUT2D eigenvalue weighted by Gasteiger charge is -2.44. The Morgan fingerprint density at radius 1 is 1.16 bits per heavy atom. The predicted octanol–water partition coefficient (Wildman–Crippen LogP) is 3.91. The van der Waals surface area contributed by atoms with Crippen LogP contribution in [-0.4, -0.2) is 33.6 Å². The van der Waals surface area contributed by atoms with Gasteiger partial charge in [-0.2, -0.15) is 0 Å². The second-order valence-electron chi connectivity index (χ2n) is 9.16. The zero-order valence-corrected chi connectivity index (χ0v) is 19.4. The fourth-order valence-electron chi connectivity index (χ4n) is 4.16. The van der Waals surface area contributed by atoms with Gasteiger partial charge in [0, 0.05) is 16.7 Å². The van der Waals surface area contributed by atoms with Crippen LogP contribution in [0, 0.1) is 11.3 Å². The van der Waals surface area contributed by atoms with Crippen LogP contribution in [0.3, 0.4) is 0 Å². The molecule has 9 heteroatoms. The number of amides is 1. The first-order valence-corrected chi connectivity index (χ1v) is 12.0. The Kier molecular flexibility index (Phi) is 5.91. The number of ether oxygens (including phenoxy) is 3. The molecule has 4 rings (SSSR count). The molecule has 172 valence electrons. The SMILES string of the molecule is CC(C)[C@@H]1O[C@@H](c2cccc(NS(=O)(=O)c3ccc4c(c3)NC(=O)CO4)c2)OCC1(C)C. The van der Waals surface area contributed by atoms with E-state index in [0.717, 1.165) is 5.56 Å². The number of benzene rings is 2. The van der Waals surface area contributed by atoms with E-state index in [-0.39, 0.29) is 28.9 Å². The highest BCUT2D eigenvalue weighted by Crippen LogP contribution is 2.40. The first-order chi connectivity index (χ1) is 15.0. The molecule has 1 fully saturated rings. The Hall–Kier alpha value is -2.62. The van der Waals surface area contributed by atoms with Gasteiger partial charge in [-0.15, -0.1) is 0 Å². The summed E-state index contributed by atoms with van der Waals surface area (Å²) in [6.07, 6.45) is -0.564. The molecule has 1 amide bonds. The summed E-state index contributed by atoms with van der Waals surface area (Å²) in [6, 6.07) is 11.3. The number of sulfonamides is 1. The van der Waals surface area contributed by atoms with E-state index >= 15 is 0 Å². The van der Waals surface area contributed by atoms with Crippen molar-refractivity contribution in [3.05, 3.63) is 48.0 Å². The number of carbonyl (C=O) groups is 1. The Morgan fingerprint density at radius 2 is 1.94 bits per heavy atom. The molecule has 8 nitrogen and oxygen atoms in total. The van der Waals surface area contributed by atoms with E-state index in [1.54, 1.807) is 18.2 Å². The van der Waals surface area contributed by atoms with E-state index < -0.39 is 16.3 Å². The molecule has 0 saturated carbocycles. The van der Waals surface area contributed by atoms with Crippen molar-refractivity contribution < 1.29 is 27.4 Å². The molecule has 2 aliphatic heterocycles. The van der Waals surface area contributed by atoms with E-state index in [1.807, 2.05) is 6.07 Å². The Balaban J connectivity index is 1.54.